The lowest BCUT2D eigenvalue weighted by Gasteiger charge is -2.26. The molecule has 2 aromatic rings. The first kappa shape index (κ1) is 17.5. The van der Waals surface area contributed by atoms with Gasteiger partial charge in [-0.3, -0.25) is 9.78 Å². The van der Waals surface area contributed by atoms with Gasteiger partial charge in [-0.05, 0) is 32.4 Å². The summed E-state index contributed by atoms with van der Waals surface area (Å²) >= 11 is 0. The van der Waals surface area contributed by atoms with Crippen LogP contribution in [0.3, 0.4) is 0 Å². The Kier molecular flexibility index (Phi) is 5.52. The monoisotopic (exact) mass is 327 g/mol. The van der Waals surface area contributed by atoms with Crippen molar-refractivity contribution < 1.29 is 14.7 Å². The maximum Gasteiger partial charge on any atom is 0.319 e. The van der Waals surface area contributed by atoms with E-state index in [1.165, 1.54) is 0 Å². The molecule has 3 N–H and O–H groups in total. The third kappa shape index (κ3) is 5.08. The van der Waals surface area contributed by atoms with Gasteiger partial charge in [-0.2, -0.15) is 0 Å². The van der Waals surface area contributed by atoms with Crippen molar-refractivity contribution in [3.05, 3.63) is 48.7 Å². The second kappa shape index (κ2) is 7.59. The van der Waals surface area contributed by atoms with Crippen molar-refractivity contribution in [2.24, 2.45) is 0 Å². The zero-order valence-corrected chi connectivity index (χ0v) is 13.7. The van der Waals surface area contributed by atoms with E-state index in [-0.39, 0.29) is 6.42 Å². The highest BCUT2D eigenvalue weighted by atomic mass is 16.4. The molecular weight excluding hydrogens is 306 g/mol. The standard InChI is InChI=1S/C18H21N3O3/c1-18(2,11-10-15(22)23)21-17(24)20-14-9-6-12-19-16(14)13-7-4-3-5-8-13/h3-9,12H,10-11H2,1-2H3,(H,22,23)(H2,20,21,24). The lowest BCUT2D eigenvalue weighted by atomic mass is 9.99. The molecule has 1 aromatic carbocycles. The number of nitrogens with zero attached hydrogens (tertiary/aromatic N) is 1. The van der Waals surface area contributed by atoms with Gasteiger partial charge in [0.1, 0.15) is 0 Å². The summed E-state index contributed by atoms with van der Waals surface area (Å²) < 4.78 is 0. The van der Waals surface area contributed by atoms with Gasteiger partial charge in [-0.15, -0.1) is 0 Å². The quantitative estimate of drug-likeness (QED) is 0.757. The number of nitrogens with one attached hydrogen (secondary N) is 2. The number of anilines is 1. The summed E-state index contributed by atoms with van der Waals surface area (Å²) in [7, 11) is 0. The molecule has 0 spiro atoms. The molecule has 0 unspecified atom stereocenters. The number of benzene rings is 1. The van der Waals surface area contributed by atoms with Crippen LogP contribution in [0.25, 0.3) is 11.3 Å². The largest absolute Gasteiger partial charge is 0.481 e. The second-order valence-corrected chi connectivity index (χ2v) is 6.12. The number of hydrogen-bond donors (Lipinski definition) is 3. The van der Waals surface area contributed by atoms with Gasteiger partial charge in [0.05, 0.1) is 11.4 Å². The Bertz CT molecular complexity index is 714. The van der Waals surface area contributed by atoms with Crippen LogP contribution in [-0.4, -0.2) is 27.6 Å². The molecule has 0 bridgehead atoms. The minimum atomic E-state index is -0.885. The average Bonchev–Trinajstić information content (AvgIpc) is 2.54. The number of urea groups is 1. The number of hydrogen-bond acceptors (Lipinski definition) is 3. The minimum absolute atomic E-state index is 0.00453. The molecule has 24 heavy (non-hydrogen) atoms. The fourth-order valence-corrected chi connectivity index (χ4v) is 2.28. The lowest BCUT2D eigenvalue weighted by Crippen LogP contribution is -2.45. The highest BCUT2D eigenvalue weighted by Gasteiger charge is 2.22. The Labute approximate surface area is 140 Å². The average molecular weight is 327 g/mol. The maximum atomic E-state index is 12.3. The van der Waals surface area contributed by atoms with Gasteiger partial charge in [-0.1, -0.05) is 30.3 Å². The van der Waals surface area contributed by atoms with Crippen LogP contribution in [0.2, 0.25) is 0 Å². The molecule has 1 aromatic heterocycles. The van der Waals surface area contributed by atoms with Crippen molar-refractivity contribution in [1.29, 1.82) is 0 Å². The molecule has 2 amide bonds. The van der Waals surface area contributed by atoms with E-state index in [1.54, 1.807) is 32.2 Å². The highest BCUT2D eigenvalue weighted by Crippen LogP contribution is 2.25. The number of amides is 2. The maximum absolute atomic E-state index is 12.3. The molecule has 0 saturated carbocycles. The summed E-state index contributed by atoms with van der Waals surface area (Å²) in [5.74, 6) is -0.885. The van der Waals surface area contributed by atoms with Crippen LogP contribution in [0.1, 0.15) is 26.7 Å². The molecular formula is C18H21N3O3. The number of aromatic nitrogens is 1. The summed E-state index contributed by atoms with van der Waals surface area (Å²) in [6, 6.07) is 12.7. The summed E-state index contributed by atoms with van der Waals surface area (Å²) in [5, 5.41) is 14.4. The predicted octanol–water partition coefficient (Wildman–Crippen LogP) is 3.51. The minimum Gasteiger partial charge on any atom is -0.481 e. The zero-order valence-electron chi connectivity index (χ0n) is 13.7. The lowest BCUT2D eigenvalue weighted by molar-refractivity contribution is -0.137. The number of aliphatic carboxylic acids is 1. The number of carboxylic acids is 1. The number of carbonyl (C=O) groups excluding carboxylic acids is 1. The third-order valence-corrected chi connectivity index (χ3v) is 3.52. The normalized spacial score (nSPS) is 10.9. The highest BCUT2D eigenvalue weighted by molar-refractivity contribution is 5.93. The predicted molar refractivity (Wildman–Crippen MR) is 92.8 cm³/mol. The SMILES string of the molecule is CC(C)(CCC(=O)O)NC(=O)Nc1cccnc1-c1ccccc1. The molecule has 0 atom stereocenters. The number of carboxylic acid groups (broad SMARTS) is 1. The first-order valence-electron chi connectivity index (χ1n) is 7.69. The van der Waals surface area contributed by atoms with E-state index < -0.39 is 17.5 Å². The van der Waals surface area contributed by atoms with E-state index in [2.05, 4.69) is 15.6 Å². The molecule has 0 radical (unpaired) electrons. The van der Waals surface area contributed by atoms with Gasteiger partial charge >= 0.3 is 12.0 Å². The first-order chi connectivity index (χ1) is 11.4. The van der Waals surface area contributed by atoms with Crippen molar-refractivity contribution in [2.75, 3.05) is 5.32 Å². The molecule has 1 heterocycles. The van der Waals surface area contributed by atoms with Crippen molar-refractivity contribution >= 4 is 17.7 Å². The summed E-state index contributed by atoms with van der Waals surface area (Å²) in [6.07, 6.45) is 2.01. The summed E-state index contributed by atoms with van der Waals surface area (Å²) in [4.78, 5) is 27.3. The molecule has 0 fully saturated rings. The van der Waals surface area contributed by atoms with Gasteiger partial charge in [-0.25, -0.2) is 4.79 Å². The number of carbonyl (C=O) groups is 2. The van der Waals surface area contributed by atoms with Crippen molar-refractivity contribution in [3.63, 3.8) is 0 Å². The molecule has 2 rings (SSSR count). The van der Waals surface area contributed by atoms with Crippen molar-refractivity contribution in [1.82, 2.24) is 10.3 Å². The Morgan fingerprint density at radius 1 is 1.12 bits per heavy atom. The second-order valence-electron chi connectivity index (χ2n) is 6.12. The first-order valence-corrected chi connectivity index (χ1v) is 7.69. The Hall–Kier alpha value is -2.89. The molecule has 0 aliphatic heterocycles. The topological polar surface area (TPSA) is 91.3 Å². The van der Waals surface area contributed by atoms with Crippen LogP contribution in [0.4, 0.5) is 10.5 Å². The van der Waals surface area contributed by atoms with Gasteiger partial charge in [0.2, 0.25) is 0 Å². The fraction of sp³-hybridized carbons (Fsp3) is 0.278. The van der Waals surface area contributed by atoms with E-state index in [4.69, 9.17) is 5.11 Å². The van der Waals surface area contributed by atoms with Crippen molar-refractivity contribution in [2.45, 2.75) is 32.2 Å². The summed E-state index contributed by atoms with van der Waals surface area (Å²) in [6.45, 7) is 3.58. The Morgan fingerprint density at radius 2 is 1.83 bits per heavy atom. The Balaban J connectivity index is 2.09. The molecule has 6 nitrogen and oxygen atoms in total. The fourth-order valence-electron chi connectivity index (χ4n) is 2.28. The molecule has 0 aliphatic rings. The molecule has 0 saturated heterocycles. The van der Waals surface area contributed by atoms with Crippen LogP contribution in [0, 0.1) is 0 Å². The molecule has 0 aliphatic carbocycles. The van der Waals surface area contributed by atoms with E-state index in [9.17, 15) is 9.59 Å². The van der Waals surface area contributed by atoms with E-state index in [1.807, 2.05) is 30.3 Å². The van der Waals surface area contributed by atoms with Gasteiger partial charge in [0.25, 0.3) is 0 Å². The van der Waals surface area contributed by atoms with Gasteiger partial charge < -0.3 is 15.7 Å². The van der Waals surface area contributed by atoms with E-state index in [0.29, 0.717) is 17.8 Å². The molecule has 126 valence electrons. The number of rotatable bonds is 6. The van der Waals surface area contributed by atoms with E-state index >= 15 is 0 Å². The number of pyridine rings is 1. The van der Waals surface area contributed by atoms with Gasteiger partial charge in [0, 0.05) is 23.7 Å². The van der Waals surface area contributed by atoms with Crippen LogP contribution in [0.15, 0.2) is 48.7 Å². The van der Waals surface area contributed by atoms with Crippen LogP contribution < -0.4 is 10.6 Å². The summed E-state index contributed by atoms with van der Waals surface area (Å²) in [5.41, 5.74) is 1.54. The van der Waals surface area contributed by atoms with Crippen LogP contribution >= 0.6 is 0 Å². The zero-order chi connectivity index (χ0) is 17.6. The van der Waals surface area contributed by atoms with Crippen molar-refractivity contribution in [3.8, 4) is 11.3 Å². The smallest absolute Gasteiger partial charge is 0.319 e. The van der Waals surface area contributed by atoms with Crippen LogP contribution in [0.5, 0.6) is 0 Å². The van der Waals surface area contributed by atoms with Crippen LogP contribution in [-0.2, 0) is 4.79 Å². The van der Waals surface area contributed by atoms with E-state index in [0.717, 1.165) is 5.56 Å². The Morgan fingerprint density at radius 3 is 2.50 bits per heavy atom. The molecule has 6 heteroatoms. The van der Waals surface area contributed by atoms with Gasteiger partial charge in [0.15, 0.2) is 0 Å². The third-order valence-electron chi connectivity index (χ3n) is 3.52.